The van der Waals surface area contributed by atoms with Crippen molar-refractivity contribution in [2.24, 2.45) is 0 Å². The second-order valence-corrected chi connectivity index (χ2v) is 5.24. The molecule has 0 spiro atoms. The lowest BCUT2D eigenvalue weighted by Crippen LogP contribution is -2.24. The van der Waals surface area contributed by atoms with Crippen LogP contribution >= 0.6 is 0 Å². The Kier molecular flexibility index (Phi) is 6.45. The first-order valence-corrected chi connectivity index (χ1v) is 7.74. The molecule has 0 aliphatic rings. The Morgan fingerprint density at radius 1 is 1.21 bits per heavy atom. The molecule has 0 saturated heterocycles. The molecule has 2 N–H and O–H groups in total. The molecule has 0 radical (unpaired) electrons. The maximum Gasteiger partial charge on any atom is 0.335 e. The third-order valence-electron chi connectivity index (χ3n) is 3.40. The van der Waals surface area contributed by atoms with Crippen molar-refractivity contribution in [3.63, 3.8) is 0 Å². The van der Waals surface area contributed by atoms with Crippen molar-refractivity contribution in [2.75, 3.05) is 6.61 Å². The van der Waals surface area contributed by atoms with Crippen LogP contribution in [0.4, 0.5) is 0 Å². The maximum atomic E-state index is 12.2. The highest BCUT2D eigenvalue weighted by Crippen LogP contribution is 2.11. The van der Waals surface area contributed by atoms with Crippen molar-refractivity contribution < 1.29 is 19.4 Å². The molecule has 1 aromatic heterocycles. The van der Waals surface area contributed by atoms with Crippen LogP contribution in [0.25, 0.3) is 0 Å². The molecule has 0 saturated carbocycles. The van der Waals surface area contributed by atoms with Gasteiger partial charge in [0.1, 0.15) is 5.69 Å². The average molecular weight is 328 g/mol. The van der Waals surface area contributed by atoms with Crippen molar-refractivity contribution in [3.05, 3.63) is 65.0 Å². The highest BCUT2D eigenvalue weighted by Gasteiger charge is 2.11. The summed E-state index contributed by atoms with van der Waals surface area (Å²) in [5, 5.41) is 11.7. The van der Waals surface area contributed by atoms with Crippen LogP contribution in [-0.2, 0) is 17.9 Å². The predicted octanol–water partition coefficient (Wildman–Crippen LogP) is 2.64. The number of carboxylic acids is 1. The number of rotatable bonds is 8. The third-order valence-corrected chi connectivity index (χ3v) is 3.40. The lowest BCUT2D eigenvalue weighted by Gasteiger charge is -2.11. The Morgan fingerprint density at radius 2 is 1.96 bits per heavy atom. The number of amides is 1. The summed E-state index contributed by atoms with van der Waals surface area (Å²) in [4.78, 5) is 27.0. The van der Waals surface area contributed by atoms with Gasteiger partial charge < -0.3 is 15.2 Å². The fourth-order valence-corrected chi connectivity index (χ4v) is 2.15. The number of carbonyl (C=O) groups excluding carboxylic acids is 1. The van der Waals surface area contributed by atoms with Gasteiger partial charge in [-0.2, -0.15) is 0 Å². The number of carbonyl (C=O) groups is 2. The SMILES string of the molecule is CCCOCc1ccccc1CNC(=O)c1cc(C(=O)O)ccn1. The number of nitrogens with zero attached hydrogens (tertiary/aromatic N) is 1. The van der Waals surface area contributed by atoms with E-state index < -0.39 is 11.9 Å². The Morgan fingerprint density at radius 3 is 2.67 bits per heavy atom. The van der Waals surface area contributed by atoms with E-state index in [4.69, 9.17) is 9.84 Å². The van der Waals surface area contributed by atoms with Crippen LogP contribution in [0, 0.1) is 0 Å². The lowest BCUT2D eigenvalue weighted by atomic mass is 10.1. The maximum absolute atomic E-state index is 12.2. The molecule has 2 aromatic rings. The molecule has 0 fully saturated rings. The quantitative estimate of drug-likeness (QED) is 0.727. The van der Waals surface area contributed by atoms with Crippen LogP contribution in [0.1, 0.15) is 45.3 Å². The number of ether oxygens (including phenoxy) is 1. The molecule has 0 aliphatic carbocycles. The van der Waals surface area contributed by atoms with Gasteiger partial charge >= 0.3 is 5.97 Å². The zero-order valence-electron chi connectivity index (χ0n) is 13.5. The van der Waals surface area contributed by atoms with Crippen LogP contribution in [0.5, 0.6) is 0 Å². The van der Waals surface area contributed by atoms with Gasteiger partial charge in [-0.3, -0.25) is 9.78 Å². The first-order valence-electron chi connectivity index (χ1n) is 7.74. The summed E-state index contributed by atoms with van der Waals surface area (Å²) in [6, 6.07) is 10.3. The van der Waals surface area contributed by atoms with Gasteiger partial charge in [-0.05, 0) is 29.7 Å². The Balaban J connectivity index is 2.01. The Hall–Kier alpha value is -2.73. The molecule has 0 aliphatic heterocycles. The van der Waals surface area contributed by atoms with E-state index in [1.807, 2.05) is 31.2 Å². The number of hydrogen-bond acceptors (Lipinski definition) is 4. The van der Waals surface area contributed by atoms with Crippen LogP contribution in [0.2, 0.25) is 0 Å². The zero-order chi connectivity index (χ0) is 17.4. The lowest BCUT2D eigenvalue weighted by molar-refractivity contribution is 0.0696. The smallest absolute Gasteiger partial charge is 0.335 e. The van der Waals surface area contributed by atoms with Gasteiger partial charge in [0.25, 0.3) is 5.91 Å². The summed E-state index contributed by atoms with van der Waals surface area (Å²) in [5.74, 6) is -1.51. The third kappa shape index (κ3) is 4.89. The molecule has 1 amide bonds. The van der Waals surface area contributed by atoms with Crippen LogP contribution < -0.4 is 5.32 Å². The molecule has 6 nitrogen and oxygen atoms in total. The van der Waals surface area contributed by atoms with E-state index in [-0.39, 0.29) is 11.3 Å². The zero-order valence-corrected chi connectivity index (χ0v) is 13.5. The molecular weight excluding hydrogens is 308 g/mol. The first-order chi connectivity index (χ1) is 11.6. The van der Waals surface area contributed by atoms with E-state index >= 15 is 0 Å². The molecule has 24 heavy (non-hydrogen) atoms. The minimum atomic E-state index is -1.09. The molecule has 2 rings (SSSR count). The molecule has 6 heteroatoms. The number of nitrogens with one attached hydrogen (secondary N) is 1. The van der Waals surface area contributed by atoms with Crippen LogP contribution in [0.15, 0.2) is 42.6 Å². The van der Waals surface area contributed by atoms with Crippen molar-refractivity contribution in [1.29, 1.82) is 0 Å². The summed E-state index contributed by atoms with van der Waals surface area (Å²) < 4.78 is 5.55. The topological polar surface area (TPSA) is 88.5 Å². The van der Waals surface area contributed by atoms with E-state index in [1.54, 1.807) is 0 Å². The number of aromatic nitrogens is 1. The molecule has 126 valence electrons. The van der Waals surface area contributed by atoms with Crippen LogP contribution in [0.3, 0.4) is 0 Å². The molecule has 0 bridgehead atoms. The molecule has 0 atom stereocenters. The summed E-state index contributed by atoms with van der Waals surface area (Å²) in [6.07, 6.45) is 2.26. The van der Waals surface area contributed by atoms with Gasteiger partial charge in [0.05, 0.1) is 12.2 Å². The second-order valence-electron chi connectivity index (χ2n) is 5.24. The normalized spacial score (nSPS) is 10.4. The number of hydrogen-bond donors (Lipinski definition) is 2. The first kappa shape index (κ1) is 17.6. The standard InChI is InChI=1S/C18H20N2O4/c1-2-9-24-12-15-6-4-3-5-14(15)11-20-17(21)16-10-13(18(22)23)7-8-19-16/h3-8,10H,2,9,11-12H2,1H3,(H,20,21)(H,22,23). The van der Waals surface area contributed by atoms with E-state index in [9.17, 15) is 9.59 Å². The Bertz CT molecular complexity index is 716. The molecule has 1 aromatic carbocycles. The largest absolute Gasteiger partial charge is 0.478 e. The average Bonchev–Trinajstić information content (AvgIpc) is 2.61. The van der Waals surface area contributed by atoms with Crippen molar-refractivity contribution in [3.8, 4) is 0 Å². The van der Waals surface area contributed by atoms with Gasteiger partial charge in [-0.15, -0.1) is 0 Å². The van der Waals surface area contributed by atoms with Gasteiger partial charge in [0, 0.05) is 19.3 Å². The number of benzene rings is 1. The van der Waals surface area contributed by atoms with E-state index in [0.29, 0.717) is 19.8 Å². The molecule has 0 unspecified atom stereocenters. The van der Waals surface area contributed by atoms with E-state index in [1.165, 1.54) is 18.3 Å². The van der Waals surface area contributed by atoms with Crippen LogP contribution in [-0.4, -0.2) is 28.6 Å². The molecule has 1 heterocycles. The summed E-state index contributed by atoms with van der Waals surface area (Å²) in [6.45, 7) is 3.55. The summed E-state index contributed by atoms with van der Waals surface area (Å²) in [5.41, 5.74) is 2.08. The fraction of sp³-hybridized carbons (Fsp3) is 0.278. The number of aromatic carboxylic acids is 1. The monoisotopic (exact) mass is 328 g/mol. The minimum absolute atomic E-state index is 0.0310. The number of pyridine rings is 1. The highest BCUT2D eigenvalue weighted by atomic mass is 16.5. The van der Waals surface area contributed by atoms with Gasteiger partial charge in [0.2, 0.25) is 0 Å². The van der Waals surface area contributed by atoms with Gasteiger partial charge in [-0.1, -0.05) is 31.2 Å². The minimum Gasteiger partial charge on any atom is -0.478 e. The van der Waals surface area contributed by atoms with Gasteiger partial charge in [0.15, 0.2) is 0 Å². The Labute approximate surface area is 140 Å². The fourth-order valence-electron chi connectivity index (χ4n) is 2.15. The highest BCUT2D eigenvalue weighted by molar-refractivity contribution is 5.95. The van der Waals surface area contributed by atoms with E-state index in [0.717, 1.165) is 17.5 Å². The summed E-state index contributed by atoms with van der Waals surface area (Å²) in [7, 11) is 0. The van der Waals surface area contributed by atoms with Crippen molar-refractivity contribution in [1.82, 2.24) is 10.3 Å². The van der Waals surface area contributed by atoms with Crippen molar-refractivity contribution >= 4 is 11.9 Å². The number of carboxylic acid groups (broad SMARTS) is 1. The molecular formula is C18H20N2O4. The predicted molar refractivity (Wildman–Crippen MR) is 88.8 cm³/mol. The van der Waals surface area contributed by atoms with Gasteiger partial charge in [-0.25, -0.2) is 4.79 Å². The van der Waals surface area contributed by atoms with Crippen molar-refractivity contribution in [2.45, 2.75) is 26.5 Å². The summed E-state index contributed by atoms with van der Waals surface area (Å²) >= 11 is 0. The van der Waals surface area contributed by atoms with E-state index in [2.05, 4.69) is 10.3 Å². The second kappa shape index (κ2) is 8.79.